The van der Waals surface area contributed by atoms with Crippen molar-refractivity contribution in [1.82, 2.24) is 4.72 Å². The number of amidine groups is 1. The number of hydrogen-bond acceptors (Lipinski definition) is 3. The molecule has 1 N–H and O–H groups in total. The Morgan fingerprint density at radius 3 is 2.67 bits per heavy atom. The number of rotatable bonds is 1. The van der Waals surface area contributed by atoms with Crippen LogP contribution in [0.2, 0.25) is 0 Å². The van der Waals surface area contributed by atoms with Gasteiger partial charge in [-0.25, -0.2) is 0 Å². The third-order valence-electron chi connectivity index (χ3n) is 1.42. The van der Waals surface area contributed by atoms with Gasteiger partial charge in [0.1, 0.15) is 0 Å². The van der Waals surface area contributed by atoms with Crippen LogP contribution < -0.4 is 4.72 Å². The van der Waals surface area contributed by atoms with Crippen molar-refractivity contribution < 1.29 is 8.49 Å². The van der Waals surface area contributed by atoms with Crippen LogP contribution in [0.4, 0.5) is 0 Å². The Hall–Kier alpha value is -1.36. The van der Waals surface area contributed by atoms with E-state index in [9.17, 15) is 4.21 Å². The van der Waals surface area contributed by atoms with E-state index in [-0.39, 0.29) is 0 Å². The molecule has 0 fully saturated rings. The predicted octanol–water partition coefficient (Wildman–Crippen LogP) is 0.547. The molecule has 0 saturated carbocycles. The fourth-order valence-corrected chi connectivity index (χ4v) is 1.39. The van der Waals surface area contributed by atoms with Crippen molar-refractivity contribution in [2.24, 2.45) is 5.16 Å². The maximum Gasteiger partial charge on any atom is 0.338 e. The largest absolute Gasteiger partial charge is 0.338 e. The Morgan fingerprint density at radius 2 is 2.08 bits per heavy atom. The van der Waals surface area contributed by atoms with E-state index in [1.165, 1.54) is 0 Å². The molecule has 1 aromatic carbocycles. The van der Waals surface area contributed by atoms with E-state index in [1.54, 1.807) is 0 Å². The maximum atomic E-state index is 10.7. The molecule has 1 aliphatic heterocycles. The maximum absolute atomic E-state index is 10.7. The van der Waals surface area contributed by atoms with Gasteiger partial charge in [-0.05, 0) is 5.16 Å². The van der Waals surface area contributed by atoms with Crippen LogP contribution in [0.15, 0.2) is 35.5 Å². The zero-order valence-corrected chi connectivity index (χ0v) is 6.88. The molecule has 1 heterocycles. The Bertz CT molecular complexity index is 337. The highest BCUT2D eigenvalue weighted by atomic mass is 32.2. The van der Waals surface area contributed by atoms with Crippen LogP contribution >= 0.6 is 0 Å². The summed E-state index contributed by atoms with van der Waals surface area (Å²) in [6, 6.07) is 9.37. The van der Waals surface area contributed by atoms with Crippen LogP contribution in [-0.2, 0) is 15.6 Å². The van der Waals surface area contributed by atoms with Crippen molar-refractivity contribution in [1.29, 1.82) is 0 Å². The number of benzene rings is 1. The normalized spacial score (nSPS) is 21.0. The summed E-state index contributed by atoms with van der Waals surface area (Å²) >= 11 is -1.51. The van der Waals surface area contributed by atoms with Gasteiger partial charge in [-0.1, -0.05) is 30.3 Å². The summed E-state index contributed by atoms with van der Waals surface area (Å²) in [7, 11) is 0. The minimum absolute atomic E-state index is 0.508. The molecule has 0 spiro atoms. The van der Waals surface area contributed by atoms with E-state index >= 15 is 0 Å². The summed E-state index contributed by atoms with van der Waals surface area (Å²) in [6.07, 6.45) is 0. The molecule has 1 atom stereocenters. The van der Waals surface area contributed by atoms with Gasteiger partial charge < -0.3 is 0 Å². The van der Waals surface area contributed by atoms with Crippen LogP contribution in [-0.4, -0.2) is 10.0 Å². The monoisotopic (exact) mass is 182 g/mol. The highest BCUT2D eigenvalue weighted by molar-refractivity contribution is 7.79. The van der Waals surface area contributed by atoms with Crippen LogP contribution in [0, 0.1) is 0 Å². The molecule has 5 heteroatoms. The molecule has 2 rings (SSSR count). The summed E-state index contributed by atoms with van der Waals surface area (Å²) in [6.45, 7) is 0. The first-order valence-electron chi connectivity index (χ1n) is 3.35. The fourth-order valence-electron chi connectivity index (χ4n) is 0.895. The first kappa shape index (κ1) is 7.30. The van der Waals surface area contributed by atoms with Gasteiger partial charge in [0.25, 0.3) is 0 Å². The smallest absolute Gasteiger partial charge is 0.269 e. The van der Waals surface area contributed by atoms with Crippen molar-refractivity contribution in [3.05, 3.63) is 35.9 Å². The Labute approximate surface area is 72.0 Å². The fraction of sp³-hybridized carbons (Fsp3) is 0. The van der Waals surface area contributed by atoms with Gasteiger partial charge in [0, 0.05) is 5.56 Å². The molecule has 4 nitrogen and oxygen atoms in total. The van der Waals surface area contributed by atoms with E-state index < -0.39 is 11.3 Å². The molecule has 1 unspecified atom stereocenters. The van der Waals surface area contributed by atoms with Gasteiger partial charge >= 0.3 is 11.3 Å². The highest BCUT2D eigenvalue weighted by Gasteiger charge is 2.15. The van der Waals surface area contributed by atoms with E-state index in [1.807, 2.05) is 30.3 Å². The predicted molar refractivity (Wildman–Crippen MR) is 45.3 cm³/mol. The number of oxime groups is 1. The van der Waals surface area contributed by atoms with Crippen LogP contribution in [0.5, 0.6) is 0 Å². The van der Waals surface area contributed by atoms with Gasteiger partial charge in [0.15, 0.2) is 5.84 Å². The van der Waals surface area contributed by atoms with Gasteiger partial charge in [-0.15, -0.1) is 0 Å². The van der Waals surface area contributed by atoms with Crippen molar-refractivity contribution in [3.63, 3.8) is 0 Å². The minimum Gasteiger partial charge on any atom is -0.269 e. The Kier molecular flexibility index (Phi) is 1.79. The molecule has 0 aliphatic carbocycles. The summed E-state index contributed by atoms with van der Waals surface area (Å²) in [5.74, 6) is 0.508. The lowest BCUT2D eigenvalue weighted by Crippen LogP contribution is -2.19. The van der Waals surface area contributed by atoms with E-state index in [2.05, 4.69) is 14.2 Å². The quantitative estimate of drug-likeness (QED) is 0.689. The first-order valence-corrected chi connectivity index (χ1v) is 4.43. The topological polar surface area (TPSA) is 50.7 Å². The zero-order chi connectivity index (χ0) is 8.39. The van der Waals surface area contributed by atoms with E-state index in [4.69, 9.17) is 0 Å². The van der Waals surface area contributed by atoms with Crippen molar-refractivity contribution in [2.75, 3.05) is 0 Å². The number of nitrogens with zero attached hydrogens (tertiary/aromatic N) is 1. The van der Waals surface area contributed by atoms with Gasteiger partial charge in [0.05, 0.1) is 0 Å². The first-order chi connectivity index (χ1) is 5.86. The lowest BCUT2D eigenvalue weighted by atomic mass is 10.2. The molecule has 0 aromatic heterocycles. The second-order valence-electron chi connectivity index (χ2n) is 2.22. The van der Waals surface area contributed by atoms with E-state index in [0.29, 0.717) is 5.84 Å². The summed E-state index contributed by atoms with van der Waals surface area (Å²) in [5, 5.41) is 3.59. The highest BCUT2D eigenvalue weighted by Crippen LogP contribution is 2.04. The molecule has 0 saturated heterocycles. The van der Waals surface area contributed by atoms with Gasteiger partial charge in [-0.3, -0.25) is 9.01 Å². The van der Waals surface area contributed by atoms with Crippen molar-refractivity contribution in [2.45, 2.75) is 0 Å². The van der Waals surface area contributed by atoms with Gasteiger partial charge in [-0.2, -0.15) is 4.21 Å². The van der Waals surface area contributed by atoms with E-state index in [0.717, 1.165) is 5.56 Å². The summed E-state index contributed by atoms with van der Waals surface area (Å²) in [5.41, 5.74) is 0.864. The van der Waals surface area contributed by atoms with Crippen LogP contribution in [0.25, 0.3) is 0 Å². The Balaban J connectivity index is 2.28. The average molecular weight is 182 g/mol. The lowest BCUT2D eigenvalue weighted by Gasteiger charge is -1.95. The molecule has 0 radical (unpaired) electrons. The molecule has 1 aliphatic rings. The van der Waals surface area contributed by atoms with Crippen LogP contribution in [0.3, 0.4) is 0 Å². The lowest BCUT2D eigenvalue weighted by molar-refractivity contribution is 0.385. The summed E-state index contributed by atoms with van der Waals surface area (Å²) < 4.78 is 17.7. The molecule has 0 bridgehead atoms. The standard InChI is InChI=1S/C7H6N2O2S/c10-12-9-7(8-11-12)6-4-2-1-3-5-6/h1-5H,(H,8,9). The molecule has 0 amide bonds. The molecular formula is C7H6N2O2S. The average Bonchev–Trinajstić information content (AvgIpc) is 2.54. The third kappa shape index (κ3) is 1.31. The molecule has 12 heavy (non-hydrogen) atoms. The molecule has 62 valence electrons. The second-order valence-corrected chi connectivity index (χ2v) is 3.04. The second kappa shape index (κ2) is 2.94. The zero-order valence-electron chi connectivity index (χ0n) is 6.06. The van der Waals surface area contributed by atoms with Gasteiger partial charge in [0.2, 0.25) is 0 Å². The molecular weight excluding hydrogens is 176 g/mol. The number of nitrogens with one attached hydrogen (secondary N) is 1. The minimum atomic E-state index is -1.51. The molecule has 1 aromatic rings. The SMILES string of the molecule is O=S1NC(c2ccccc2)=NO1. The van der Waals surface area contributed by atoms with Crippen LogP contribution in [0.1, 0.15) is 5.56 Å². The number of hydrogen-bond donors (Lipinski definition) is 1. The third-order valence-corrected chi connectivity index (χ3v) is 1.99. The Morgan fingerprint density at radius 1 is 1.33 bits per heavy atom. The van der Waals surface area contributed by atoms with Crippen molar-refractivity contribution >= 4 is 17.1 Å². The summed E-state index contributed by atoms with van der Waals surface area (Å²) in [4.78, 5) is 0. The van der Waals surface area contributed by atoms with Crippen molar-refractivity contribution in [3.8, 4) is 0 Å².